The van der Waals surface area contributed by atoms with Gasteiger partial charge in [-0.3, -0.25) is 9.78 Å². The lowest BCUT2D eigenvalue weighted by molar-refractivity contribution is 0.0700. The van der Waals surface area contributed by atoms with Crippen LogP contribution in [0.4, 0.5) is 5.69 Å². The molecule has 4 fully saturated rings. The standard InChI is InChI=1S/C43H42BrN9O4S/c1-57-37-18-30(42(54)52-23-29-6-11-35(52)38(29)46)16-34-39(37)53(41(49-34)36-17-28-3-2-13-48-40(28)51(36)22-26-4-5-26)25-43(58(55,56)33-9-7-31(44)8-10-33)12-14-50(24-43)32-15-27(19-45)20-47-21-32/h2-3,7-10,13,15-18,20-21,26,29,35,38H,4-6,11-12,14,22-25,46H2,1H3/t29?,35?,38-,43+/m1/s1. The summed E-state index contributed by atoms with van der Waals surface area (Å²) in [6.45, 7) is 1.93. The van der Waals surface area contributed by atoms with Gasteiger partial charge in [0.1, 0.15) is 27.7 Å². The lowest BCUT2D eigenvalue weighted by atomic mass is 10.1. The summed E-state index contributed by atoms with van der Waals surface area (Å²) in [7, 11) is -2.48. The van der Waals surface area contributed by atoms with Gasteiger partial charge in [0.25, 0.3) is 5.91 Å². The number of imidazole rings is 1. The van der Waals surface area contributed by atoms with Gasteiger partial charge >= 0.3 is 0 Å². The predicted molar refractivity (Wildman–Crippen MR) is 223 cm³/mol. The van der Waals surface area contributed by atoms with Gasteiger partial charge in [0, 0.05) is 72.6 Å². The van der Waals surface area contributed by atoms with E-state index in [0.29, 0.717) is 64.3 Å². The summed E-state index contributed by atoms with van der Waals surface area (Å²) < 4.78 is 40.4. The Morgan fingerprint density at radius 2 is 1.90 bits per heavy atom. The van der Waals surface area contributed by atoms with Crippen molar-refractivity contribution >= 4 is 59.4 Å². The van der Waals surface area contributed by atoms with E-state index in [1.165, 1.54) is 6.20 Å². The number of fused-ring (bicyclic) bond motifs is 4. The Bertz CT molecular complexity index is 2780. The average molecular weight is 861 g/mol. The second-order valence-electron chi connectivity index (χ2n) is 16.4. The van der Waals surface area contributed by atoms with Crippen molar-refractivity contribution in [2.24, 2.45) is 17.6 Å². The third-order valence-electron chi connectivity index (χ3n) is 12.9. The fourth-order valence-corrected chi connectivity index (χ4v) is 11.9. The van der Waals surface area contributed by atoms with Crippen LogP contribution in [0.1, 0.15) is 48.0 Å². The van der Waals surface area contributed by atoms with E-state index in [4.69, 9.17) is 20.4 Å². The number of nitriles is 1. The van der Waals surface area contributed by atoms with E-state index in [0.717, 1.165) is 53.4 Å². The Kier molecular flexibility index (Phi) is 8.88. The molecule has 58 heavy (non-hydrogen) atoms. The van der Waals surface area contributed by atoms with Crippen LogP contribution in [0, 0.1) is 23.2 Å². The normalized spacial score (nSPS) is 23.0. The van der Waals surface area contributed by atoms with Gasteiger partial charge in [-0.2, -0.15) is 5.26 Å². The molecule has 2 bridgehead atoms. The number of hydrogen-bond donors (Lipinski definition) is 1. The third kappa shape index (κ3) is 5.98. The number of nitrogens with zero attached hydrogens (tertiary/aromatic N) is 8. The molecule has 2 aliphatic carbocycles. The van der Waals surface area contributed by atoms with Crippen molar-refractivity contribution in [1.82, 2.24) is 29.0 Å². The maximum absolute atomic E-state index is 15.3. The smallest absolute Gasteiger partial charge is 0.254 e. The van der Waals surface area contributed by atoms with Crippen molar-refractivity contribution in [3.8, 4) is 23.3 Å². The number of hydrogen-bond acceptors (Lipinski definition) is 10. The quantitative estimate of drug-likeness (QED) is 0.168. The van der Waals surface area contributed by atoms with Crippen LogP contribution in [0.15, 0.2) is 88.6 Å². The number of halogens is 1. The molecule has 6 heterocycles. The van der Waals surface area contributed by atoms with E-state index in [1.807, 2.05) is 32.6 Å². The molecule has 6 aromatic rings. The minimum Gasteiger partial charge on any atom is -0.494 e. The molecule has 4 aromatic heterocycles. The van der Waals surface area contributed by atoms with Crippen molar-refractivity contribution in [1.29, 1.82) is 5.26 Å². The molecule has 1 amide bonds. The summed E-state index contributed by atoms with van der Waals surface area (Å²) in [5.41, 5.74) is 10.8. The van der Waals surface area contributed by atoms with Gasteiger partial charge in [-0.1, -0.05) is 15.9 Å². The molecule has 4 aliphatic rings. The number of piperidine rings is 1. The molecule has 2 saturated carbocycles. The van der Waals surface area contributed by atoms with E-state index >= 15 is 8.42 Å². The first-order valence-corrected chi connectivity index (χ1v) is 22.0. The van der Waals surface area contributed by atoms with Crippen LogP contribution in [-0.2, 0) is 22.9 Å². The Hall–Kier alpha value is -5.30. The van der Waals surface area contributed by atoms with Crippen molar-refractivity contribution in [3.05, 3.63) is 94.9 Å². The van der Waals surface area contributed by atoms with Gasteiger partial charge in [0.05, 0.1) is 40.7 Å². The molecule has 0 spiro atoms. The number of rotatable bonds is 10. The molecule has 2 saturated heterocycles. The molecule has 10 rings (SSSR count). The molecule has 2 aromatic carbocycles. The van der Waals surface area contributed by atoms with Gasteiger partial charge in [0.15, 0.2) is 15.7 Å². The fourth-order valence-electron chi connectivity index (χ4n) is 9.63. The highest BCUT2D eigenvalue weighted by molar-refractivity contribution is 9.10. The van der Waals surface area contributed by atoms with Gasteiger partial charge in [-0.15, -0.1) is 0 Å². The minimum atomic E-state index is -4.05. The molecular weight excluding hydrogens is 819 g/mol. The largest absolute Gasteiger partial charge is 0.494 e. The topological polar surface area (TPSA) is 165 Å². The number of benzene rings is 2. The highest BCUT2D eigenvalue weighted by Gasteiger charge is 2.51. The highest BCUT2D eigenvalue weighted by Crippen LogP contribution is 2.44. The van der Waals surface area contributed by atoms with Crippen LogP contribution in [-0.4, -0.2) is 86.9 Å². The molecule has 15 heteroatoms. The predicted octanol–water partition coefficient (Wildman–Crippen LogP) is 6.19. The van der Waals surface area contributed by atoms with E-state index in [9.17, 15) is 10.1 Å². The average Bonchev–Trinajstić information content (AvgIpc) is 3.51. The number of nitrogens with two attached hydrogens (primary N) is 1. The first kappa shape index (κ1) is 37.0. The zero-order chi connectivity index (χ0) is 39.9. The minimum absolute atomic E-state index is 0.00372. The van der Waals surface area contributed by atoms with Gasteiger partial charge in [-0.05, 0) is 105 Å². The Labute approximate surface area is 344 Å². The third-order valence-corrected chi connectivity index (χ3v) is 15.9. The number of amides is 1. The van der Waals surface area contributed by atoms with E-state index in [1.54, 1.807) is 55.9 Å². The second kappa shape index (κ2) is 13.9. The van der Waals surface area contributed by atoms with Crippen LogP contribution < -0.4 is 15.4 Å². The molecule has 13 nitrogen and oxygen atoms in total. The maximum atomic E-state index is 15.3. The zero-order valence-electron chi connectivity index (χ0n) is 32.0. The number of methoxy groups -OCH3 is 1. The number of pyridine rings is 2. The van der Waals surface area contributed by atoms with Gasteiger partial charge in [-0.25, -0.2) is 18.4 Å². The van der Waals surface area contributed by atoms with Gasteiger partial charge in [0.2, 0.25) is 0 Å². The number of carbonyl (C=O) groups is 1. The van der Waals surface area contributed by atoms with E-state index in [2.05, 4.69) is 37.6 Å². The summed E-state index contributed by atoms with van der Waals surface area (Å²) in [4.78, 5) is 32.8. The first-order valence-electron chi connectivity index (χ1n) is 19.8. The SMILES string of the molecule is COc1cc(C(=O)N2CC3CCC2[C@@H]3N)cc2nc(-c3cc4cccnc4n3CC3CC3)n(C[C@]3(S(=O)(=O)c4ccc(Br)cc4)CCN(c4cncc(C#N)c4)C3)c12. The molecule has 2 N–H and O–H groups in total. The molecule has 2 aliphatic heterocycles. The number of aromatic nitrogens is 5. The van der Waals surface area contributed by atoms with Crippen LogP contribution in [0.25, 0.3) is 33.6 Å². The van der Waals surface area contributed by atoms with Crippen molar-refractivity contribution in [2.75, 3.05) is 31.6 Å². The summed E-state index contributed by atoms with van der Waals surface area (Å²) in [6.07, 6.45) is 9.40. The highest BCUT2D eigenvalue weighted by atomic mass is 79.9. The summed E-state index contributed by atoms with van der Waals surface area (Å²) >= 11 is 3.48. The summed E-state index contributed by atoms with van der Waals surface area (Å²) in [5, 5.41) is 10.6. The van der Waals surface area contributed by atoms with Crippen LogP contribution in [0.2, 0.25) is 0 Å². The molecule has 2 unspecified atom stereocenters. The number of carbonyl (C=O) groups excluding carboxylic acids is 1. The second-order valence-corrected chi connectivity index (χ2v) is 19.6. The van der Waals surface area contributed by atoms with Crippen molar-refractivity contribution in [2.45, 2.75) is 66.9 Å². The molecule has 296 valence electrons. The molecule has 0 radical (unpaired) electrons. The lowest BCUT2D eigenvalue weighted by Gasteiger charge is -2.31. The van der Waals surface area contributed by atoms with Crippen molar-refractivity contribution < 1.29 is 17.9 Å². The van der Waals surface area contributed by atoms with Crippen LogP contribution >= 0.6 is 15.9 Å². The number of sulfone groups is 1. The molecular formula is C43H42BrN9O4S. The Balaban J connectivity index is 1.18. The number of ether oxygens (including phenoxy) is 1. The van der Waals surface area contributed by atoms with Crippen molar-refractivity contribution in [3.63, 3.8) is 0 Å². The lowest BCUT2D eigenvalue weighted by Crippen LogP contribution is -2.45. The van der Waals surface area contributed by atoms with E-state index < -0.39 is 14.6 Å². The van der Waals surface area contributed by atoms with Crippen LogP contribution in [0.5, 0.6) is 5.75 Å². The maximum Gasteiger partial charge on any atom is 0.254 e. The number of likely N-dealkylation sites (tertiary alicyclic amines) is 1. The monoisotopic (exact) mass is 859 g/mol. The Morgan fingerprint density at radius 3 is 2.62 bits per heavy atom. The Morgan fingerprint density at radius 1 is 1.07 bits per heavy atom. The first-order chi connectivity index (χ1) is 28.1. The number of anilines is 1. The molecule has 4 atom stereocenters. The zero-order valence-corrected chi connectivity index (χ0v) is 34.4. The summed E-state index contributed by atoms with van der Waals surface area (Å²) in [6, 6.07) is 20.3. The summed E-state index contributed by atoms with van der Waals surface area (Å²) in [5.74, 6) is 1.67. The van der Waals surface area contributed by atoms with Gasteiger partial charge < -0.3 is 29.4 Å². The fraction of sp³-hybridized carbons (Fsp3) is 0.372. The van der Waals surface area contributed by atoms with E-state index in [-0.39, 0.29) is 42.4 Å². The van der Waals surface area contributed by atoms with Crippen LogP contribution in [0.3, 0.4) is 0 Å².